The van der Waals surface area contributed by atoms with Gasteiger partial charge < -0.3 is 9.42 Å². The number of nitrogens with zero attached hydrogens (tertiary/aromatic N) is 4. The van der Waals surface area contributed by atoms with E-state index < -0.39 is 0 Å². The quantitative estimate of drug-likeness (QED) is 0.758. The first-order valence-electron chi connectivity index (χ1n) is 6.52. The highest BCUT2D eigenvalue weighted by atomic mass is 32.2. The molecule has 104 valence electrons. The van der Waals surface area contributed by atoms with E-state index in [9.17, 15) is 0 Å². The van der Waals surface area contributed by atoms with Crippen LogP contribution in [0.4, 0.5) is 5.82 Å². The van der Waals surface area contributed by atoms with E-state index in [1.807, 2.05) is 18.7 Å². The Labute approximate surface area is 117 Å². The van der Waals surface area contributed by atoms with E-state index in [0.717, 1.165) is 23.3 Å². The molecule has 0 aliphatic carbocycles. The molecule has 0 saturated heterocycles. The van der Waals surface area contributed by atoms with Crippen molar-refractivity contribution in [2.75, 3.05) is 23.5 Å². The molecule has 0 radical (unpaired) electrons. The summed E-state index contributed by atoms with van der Waals surface area (Å²) >= 11 is 1.97. The molecule has 5 nitrogen and oxygen atoms in total. The van der Waals surface area contributed by atoms with E-state index in [-0.39, 0.29) is 0 Å². The Kier molecular flexibility index (Phi) is 4.63. The van der Waals surface area contributed by atoms with Crippen molar-refractivity contribution in [3.63, 3.8) is 0 Å². The molecule has 1 unspecified atom stereocenters. The first kappa shape index (κ1) is 14.1. The topological polar surface area (TPSA) is 55.1 Å². The molecule has 0 aliphatic heterocycles. The minimum Gasteiger partial charge on any atom is -0.356 e. The van der Waals surface area contributed by atoms with Gasteiger partial charge in [0, 0.05) is 13.1 Å². The lowest BCUT2D eigenvalue weighted by molar-refractivity contribution is 0.442. The number of fused-ring (bicyclic) bond motifs is 1. The fourth-order valence-electron chi connectivity index (χ4n) is 1.97. The van der Waals surface area contributed by atoms with Gasteiger partial charge in [-0.3, -0.25) is 0 Å². The van der Waals surface area contributed by atoms with Gasteiger partial charge in [0.2, 0.25) is 0 Å². The fourth-order valence-corrected chi connectivity index (χ4v) is 2.77. The summed E-state index contributed by atoms with van der Waals surface area (Å²) in [5.74, 6) is 3.23. The van der Waals surface area contributed by atoms with Crippen molar-refractivity contribution in [2.24, 2.45) is 0 Å². The van der Waals surface area contributed by atoms with Gasteiger partial charge in [-0.15, -0.1) is 0 Å². The molecule has 0 saturated carbocycles. The molecule has 2 heterocycles. The summed E-state index contributed by atoms with van der Waals surface area (Å²) in [7, 11) is 2.06. The summed E-state index contributed by atoms with van der Waals surface area (Å²) in [6.45, 7) is 6.32. The average Bonchev–Trinajstić information content (AvgIpc) is 2.80. The number of aryl methyl sites for hydroxylation is 1. The zero-order chi connectivity index (χ0) is 13.8. The predicted molar refractivity (Wildman–Crippen MR) is 79.8 cm³/mol. The summed E-state index contributed by atoms with van der Waals surface area (Å²) in [6, 6.07) is 0.423. The third-order valence-corrected chi connectivity index (χ3v) is 4.24. The third kappa shape index (κ3) is 3.00. The highest BCUT2D eigenvalue weighted by Crippen LogP contribution is 2.26. The third-order valence-electron chi connectivity index (χ3n) is 3.30. The van der Waals surface area contributed by atoms with Gasteiger partial charge in [0.05, 0.1) is 5.69 Å². The first-order valence-corrected chi connectivity index (χ1v) is 7.68. The Hall–Kier alpha value is -1.30. The average molecular weight is 280 g/mol. The molecule has 2 aromatic heterocycles. The maximum Gasteiger partial charge on any atom is 0.263 e. The Bertz CT molecular complexity index is 542. The van der Waals surface area contributed by atoms with Gasteiger partial charge in [0.1, 0.15) is 17.5 Å². The molecule has 0 aromatic carbocycles. The van der Waals surface area contributed by atoms with Crippen molar-refractivity contribution in [1.82, 2.24) is 15.1 Å². The number of hydrogen-bond acceptors (Lipinski definition) is 6. The van der Waals surface area contributed by atoms with E-state index in [1.54, 1.807) is 0 Å². The molecule has 1 atom stereocenters. The molecular weight excluding hydrogens is 260 g/mol. The van der Waals surface area contributed by atoms with Gasteiger partial charge in [-0.2, -0.15) is 16.7 Å². The minimum atomic E-state index is 0.423. The SMILES string of the molecule is CCSCCC(C)N(C)c1ncnc2onc(C)c12. The fraction of sp³-hybridized carbons (Fsp3) is 0.615. The number of thioether (sulfide) groups is 1. The Balaban J connectivity index is 2.20. The van der Waals surface area contributed by atoms with Crippen LogP contribution in [0.5, 0.6) is 0 Å². The lowest BCUT2D eigenvalue weighted by Gasteiger charge is -2.26. The first-order chi connectivity index (χ1) is 9.15. The molecule has 2 aromatic rings. The molecule has 0 N–H and O–H groups in total. The van der Waals surface area contributed by atoms with E-state index in [4.69, 9.17) is 4.52 Å². The van der Waals surface area contributed by atoms with E-state index >= 15 is 0 Å². The number of hydrogen-bond donors (Lipinski definition) is 0. The zero-order valence-electron chi connectivity index (χ0n) is 11.9. The number of rotatable bonds is 6. The second-order valence-electron chi connectivity index (χ2n) is 4.59. The van der Waals surface area contributed by atoms with Crippen LogP contribution in [-0.4, -0.2) is 39.7 Å². The number of aromatic nitrogens is 3. The van der Waals surface area contributed by atoms with E-state index in [2.05, 4.69) is 40.9 Å². The summed E-state index contributed by atoms with van der Waals surface area (Å²) in [6.07, 6.45) is 2.66. The van der Waals surface area contributed by atoms with Crippen LogP contribution in [0, 0.1) is 6.92 Å². The second-order valence-corrected chi connectivity index (χ2v) is 5.98. The summed E-state index contributed by atoms with van der Waals surface area (Å²) < 4.78 is 5.19. The molecule has 0 amide bonds. The van der Waals surface area contributed by atoms with Crippen LogP contribution in [0.2, 0.25) is 0 Å². The van der Waals surface area contributed by atoms with Crippen LogP contribution in [-0.2, 0) is 0 Å². The molecule has 0 bridgehead atoms. The molecule has 0 fully saturated rings. The normalized spacial score (nSPS) is 12.8. The number of anilines is 1. The zero-order valence-corrected chi connectivity index (χ0v) is 12.7. The smallest absolute Gasteiger partial charge is 0.263 e. The van der Waals surface area contributed by atoms with E-state index in [1.165, 1.54) is 17.8 Å². The molecule has 0 spiro atoms. The van der Waals surface area contributed by atoms with Crippen molar-refractivity contribution < 1.29 is 4.52 Å². The maximum absolute atomic E-state index is 5.19. The van der Waals surface area contributed by atoms with Crippen molar-refractivity contribution in [1.29, 1.82) is 0 Å². The molecule has 0 aliphatic rings. The molecular formula is C13H20N4OS. The van der Waals surface area contributed by atoms with Gasteiger partial charge in [-0.25, -0.2) is 4.98 Å². The largest absolute Gasteiger partial charge is 0.356 e. The monoisotopic (exact) mass is 280 g/mol. The van der Waals surface area contributed by atoms with Crippen molar-refractivity contribution >= 4 is 28.7 Å². The van der Waals surface area contributed by atoms with Gasteiger partial charge in [-0.05, 0) is 31.8 Å². The van der Waals surface area contributed by atoms with Crippen molar-refractivity contribution in [3.05, 3.63) is 12.0 Å². The molecule has 2 rings (SSSR count). The highest BCUT2D eigenvalue weighted by molar-refractivity contribution is 7.99. The standard InChI is InChI=1S/C13H20N4OS/c1-5-19-7-6-9(2)17(4)12-11-10(3)16-18-13(11)15-8-14-12/h8-9H,5-7H2,1-4H3. The van der Waals surface area contributed by atoms with E-state index in [0.29, 0.717) is 11.8 Å². The summed E-state index contributed by atoms with van der Waals surface area (Å²) in [5, 5.41) is 4.88. The van der Waals surface area contributed by atoms with Crippen LogP contribution < -0.4 is 4.90 Å². The second kappa shape index (κ2) is 6.23. The highest BCUT2D eigenvalue weighted by Gasteiger charge is 2.18. The molecule has 19 heavy (non-hydrogen) atoms. The lowest BCUT2D eigenvalue weighted by atomic mass is 10.2. The van der Waals surface area contributed by atoms with Gasteiger partial charge in [0.25, 0.3) is 5.71 Å². The predicted octanol–water partition coefficient (Wildman–Crippen LogP) is 2.89. The summed E-state index contributed by atoms with van der Waals surface area (Å²) in [5.41, 5.74) is 1.40. The van der Waals surface area contributed by atoms with Gasteiger partial charge >= 0.3 is 0 Å². The lowest BCUT2D eigenvalue weighted by Crippen LogP contribution is -2.30. The van der Waals surface area contributed by atoms with Crippen LogP contribution in [0.3, 0.4) is 0 Å². The Morgan fingerprint density at radius 3 is 2.95 bits per heavy atom. The minimum absolute atomic E-state index is 0.423. The Morgan fingerprint density at radius 2 is 2.21 bits per heavy atom. The Morgan fingerprint density at radius 1 is 1.42 bits per heavy atom. The van der Waals surface area contributed by atoms with Crippen molar-refractivity contribution in [3.8, 4) is 0 Å². The van der Waals surface area contributed by atoms with Crippen LogP contribution in [0.1, 0.15) is 26.0 Å². The van der Waals surface area contributed by atoms with Crippen molar-refractivity contribution in [2.45, 2.75) is 33.2 Å². The van der Waals surface area contributed by atoms with Gasteiger partial charge in [-0.1, -0.05) is 12.1 Å². The van der Waals surface area contributed by atoms with Gasteiger partial charge in [0.15, 0.2) is 0 Å². The molecule has 6 heteroatoms. The van der Waals surface area contributed by atoms with Crippen LogP contribution in [0.25, 0.3) is 11.1 Å². The summed E-state index contributed by atoms with van der Waals surface area (Å²) in [4.78, 5) is 10.7. The maximum atomic E-state index is 5.19. The van der Waals surface area contributed by atoms with Crippen LogP contribution in [0.15, 0.2) is 10.9 Å². The van der Waals surface area contributed by atoms with Crippen LogP contribution >= 0.6 is 11.8 Å².